The van der Waals surface area contributed by atoms with Gasteiger partial charge >= 0.3 is 0 Å². The molecule has 0 amide bonds. The third kappa shape index (κ3) is 1.96. The number of aromatic nitrogens is 3. The summed E-state index contributed by atoms with van der Waals surface area (Å²) in [7, 11) is 0. The Morgan fingerprint density at radius 3 is 2.61 bits per heavy atom. The predicted octanol–water partition coefficient (Wildman–Crippen LogP) is 3.77. The van der Waals surface area contributed by atoms with Crippen LogP contribution in [0.2, 0.25) is 0 Å². The van der Waals surface area contributed by atoms with Gasteiger partial charge in [0.1, 0.15) is 11.6 Å². The van der Waals surface area contributed by atoms with E-state index in [4.69, 9.17) is 4.98 Å². The zero-order valence-electron chi connectivity index (χ0n) is 13.1. The molecule has 0 bridgehead atoms. The molecule has 0 unspecified atom stereocenters. The van der Waals surface area contributed by atoms with Crippen LogP contribution in [0, 0.1) is 5.82 Å². The summed E-state index contributed by atoms with van der Waals surface area (Å²) < 4.78 is 13.7. The molecular weight excluding hydrogens is 293 g/mol. The number of benzene rings is 2. The molecule has 0 saturated carbocycles. The van der Waals surface area contributed by atoms with E-state index >= 15 is 0 Å². The van der Waals surface area contributed by atoms with Crippen molar-refractivity contribution in [1.29, 1.82) is 0 Å². The van der Waals surface area contributed by atoms with Gasteiger partial charge in [0, 0.05) is 27.8 Å². The monoisotopic (exact) mass is 308 g/mol. The quantitative estimate of drug-likeness (QED) is 0.503. The van der Waals surface area contributed by atoms with Crippen LogP contribution in [0.4, 0.5) is 4.39 Å². The van der Waals surface area contributed by atoms with Crippen molar-refractivity contribution in [3.05, 3.63) is 42.1 Å². The number of H-pyrrole nitrogens is 1. The van der Waals surface area contributed by atoms with Crippen LogP contribution in [0.1, 0.15) is 26.6 Å². The Bertz CT molecular complexity index is 1080. The van der Waals surface area contributed by atoms with Crippen LogP contribution in [0.5, 0.6) is 5.88 Å². The van der Waals surface area contributed by atoms with E-state index in [9.17, 15) is 9.50 Å². The molecule has 4 nitrogen and oxygen atoms in total. The van der Waals surface area contributed by atoms with Crippen molar-refractivity contribution < 1.29 is 9.50 Å². The molecule has 0 saturated heterocycles. The van der Waals surface area contributed by atoms with Crippen molar-refractivity contribution in [2.24, 2.45) is 0 Å². The van der Waals surface area contributed by atoms with Crippen molar-refractivity contribution in [2.75, 3.05) is 0 Å². The SMILES string of the molecule is CC(C)(C)c1nc2c3ccnc([O-])c3c3cc(F)ccc3c2[nH]1. The van der Waals surface area contributed by atoms with E-state index in [2.05, 4.69) is 30.7 Å². The van der Waals surface area contributed by atoms with E-state index in [-0.39, 0.29) is 17.1 Å². The average Bonchev–Trinajstić information content (AvgIpc) is 2.92. The Kier molecular flexibility index (Phi) is 2.67. The summed E-state index contributed by atoms with van der Waals surface area (Å²) in [5.74, 6) is 0.0900. The Morgan fingerprint density at radius 1 is 1.09 bits per heavy atom. The minimum absolute atomic E-state index is 0.162. The highest BCUT2D eigenvalue weighted by Gasteiger charge is 2.21. The van der Waals surface area contributed by atoms with E-state index < -0.39 is 0 Å². The van der Waals surface area contributed by atoms with Crippen molar-refractivity contribution in [2.45, 2.75) is 26.2 Å². The van der Waals surface area contributed by atoms with Gasteiger partial charge in [0.2, 0.25) is 0 Å². The number of hydrogen-bond donors (Lipinski definition) is 1. The van der Waals surface area contributed by atoms with Gasteiger partial charge in [-0.1, -0.05) is 20.8 Å². The fourth-order valence-corrected chi connectivity index (χ4v) is 2.96. The number of rotatable bonds is 0. The lowest BCUT2D eigenvalue weighted by Crippen LogP contribution is -2.12. The summed E-state index contributed by atoms with van der Waals surface area (Å²) in [6.45, 7) is 6.19. The molecule has 2 aromatic carbocycles. The van der Waals surface area contributed by atoms with Crippen molar-refractivity contribution >= 4 is 32.6 Å². The number of nitrogens with zero attached hydrogens (tertiary/aromatic N) is 2. The third-order valence-corrected chi connectivity index (χ3v) is 4.11. The maximum absolute atomic E-state index is 13.7. The fraction of sp³-hybridized carbons (Fsp3) is 0.222. The molecule has 4 rings (SSSR count). The van der Waals surface area contributed by atoms with Crippen LogP contribution in [0.3, 0.4) is 0 Å². The smallest absolute Gasteiger partial charge is 0.123 e. The zero-order chi connectivity index (χ0) is 16.4. The van der Waals surface area contributed by atoms with E-state index in [1.807, 2.05) is 0 Å². The average molecular weight is 308 g/mol. The molecule has 0 radical (unpaired) electrons. The standard InChI is InChI=1S/C18H16FN3O/c1-18(2,3)17-21-14-10-5-4-9(19)8-12(10)13-11(15(14)22-17)6-7-20-16(13)23/h4-8H,1-3H3,(H,20,23)(H,21,22)/p-1. The van der Waals surface area contributed by atoms with Crippen molar-refractivity contribution in [3.63, 3.8) is 0 Å². The number of aromatic amines is 1. The first-order chi connectivity index (χ1) is 10.9. The molecular formula is C18H15FN3O-. The Balaban J connectivity index is 2.32. The van der Waals surface area contributed by atoms with Crippen LogP contribution in [-0.4, -0.2) is 15.0 Å². The van der Waals surface area contributed by atoms with Crippen LogP contribution < -0.4 is 5.11 Å². The Hall–Kier alpha value is -2.69. The van der Waals surface area contributed by atoms with Gasteiger partial charge in [0.15, 0.2) is 0 Å². The predicted molar refractivity (Wildman–Crippen MR) is 87.0 cm³/mol. The largest absolute Gasteiger partial charge is 0.858 e. The maximum Gasteiger partial charge on any atom is 0.123 e. The summed E-state index contributed by atoms with van der Waals surface area (Å²) in [5, 5.41) is 14.7. The molecule has 116 valence electrons. The van der Waals surface area contributed by atoms with Gasteiger partial charge in [-0.15, -0.1) is 0 Å². The van der Waals surface area contributed by atoms with Crippen LogP contribution in [0.25, 0.3) is 32.6 Å². The molecule has 2 heterocycles. The van der Waals surface area contributed by atoms with E-state index in [1.165, 1.54) is 18.3 Å². The van der Waals surface area contributed by atoms with Gasteiger partial charge in [0.05, 0.1) is 11.0 Å². The second-order valence-corrected chi connectivity index (χ2v) is 6.79. The molecule has 0 aliphatic carbocycles. The highest BCUT2D eigenvalue weighted by molar-refractivity contribution is 6.24. The molecule has 5 heteroatoms. The number of imidazole rings is 1. The summed E-state index contributed by atoms with van der Waals surface area (Å²) in [6, 6.07) is 6.23. The van der Waals surface area contributed by atoms with Gasteiger partial charge < -0.3 is 10.1 Å². The second-order valence-electron chi connectivity index (χ2n) is 6.79. The van der Waals surface area contributed by atoms with Crippen molar-refractivity contribution in [3.8, 4) is 5.88 Å². The molecule has 0 aliphatic rings. The lowest BCUT2D eigenvalue weighted by molar-refractivity contribution is -0.272. The molecule has 0 fully saturated rings. The second kappa shape index (κ2) is 4.41. The van der Waals surface area contributed by atoms with Crippen LogP contribution >= 0.6 is 0 Å². The van der Waals surface area contributed by atoms with Gasteiger partial charge in [0.25, 0.3) is 0 Å². The molecule has 0 spiro atoms. The third-order valence-electron chi connectivity index (χ3n) is 4.11. The minimum atomic E-state index is -0.378. The number of halogens is 1. The summed E-state index contributed by atoms with van der Waals surface area (Å²) in [4.78, 5) is 11.9. The highest BCUT2D eigenvalue weighted by atomic mass is 19.1. The van der Waals surface area contributed by atoms with Gasteiger partial charge in [-0.2, -0.15) is 0 Å². The highest BCUT2D eigenvalue weighted by Crippen LogP contribution is 2.37. The topological polar surface area (TPSA) is 64.6 Å². The van der Waals surface area contributed by atoms with Crippen molar-refractivity contribution in [1.82, 2.24) is 15.0 Å². The number of hydrogen-bond acceptors (Lipinski definition) is 3. The lowest BCUT2D eigenvalue weighted by atomic mass is 9.96. The normalized spacial score (nSPS) is 12.5. The Labute approximate surface area is 132 Å². The molecule has 0 atom stereocenters. The molecule has 4 aromatic rings. The first-order valence-corrected chi connectivity index (χ1v) is 7.43. The number of fused-ring (bicyclic) bond motifs is 6. The molecule has 23 heavy (non-hydrogen) atoms. The van der Waals surface area contributed by atoms with Crippen LogP contribution in [0.15, 0.2) is 30.5 Å². The van der Waals surface area contributed by atoms with Gasteiger partial charge in [-0.25, -0.2) is 9.37 Å². The number of pyridine rings is 1. The number of nitrogens with one attached hydrogen (secondary N) is 1. The summed E-state index contributed by atoms with van der Waals surface area (Å²) >= 11 is 0. The van der Waals surface area contributed by atoms with E-state index in [1.54, 1.807) is 12.1 Å². The fourth-order valence-electron chi connectivity index (χ4n) is 2.96. The lowest BCUT2D eigenvalue weighted by Gasteiger charge is -2.13. The molecule has 2 aromatic heterocycles. The van der Waals surface area contributed by atoms with Gasteiger partial charge in [-0.3, -0.25) is 4.98 Å². The van der Waals surface area contributed by atoms with Crippen LogP contribution in [-0.2, 0) is 5.41 Å². The van der Waals surface area contributed by atoms with Gasteiger partial charge in [-0.05, 0) is 35.5 Å². The minimum Gasteiger partial charge on any atom is -0.858 e. The van der Waals surface area contributed by atoms with E-state index in [0.29, 0.717) is 16.2 Å². The maximum atomic E-state index is 13.7. The summed E-state index contributed by atoms with van der Waals surface area (Å²) in [5.41, 5.74) is 1.39. The Morgan fingerprint density at radius 2 is 1.87 bits per heavy atom. The first kappa shape index (κ1) is 13.9. The first-order valence-electron chi connectivity index (χ1n) is 7.43. The van der Waals surface area contributed by atoms with E-state index in [0.717, 1.165) is 22.2 Å². The molecule has 1 N–H and O–H groups in total. The summed E-state index contributed by atoms with van der Waals surface area (Å²) in [6.07, 6.45) is 1.47. The zero-order valence-corrected chi connectivity index (χ0v) is 13.1. The molecule has 0 aliphatic heterocycles.